The molecule has 0 saturated carbocycles. The number of nitrogens with zero attached hydrogens (tertiary/aromatic N) is 2. The minimum absolute atomic E-state index is 1.00. The SMILES string of the molecule is Cc1ncncc1-c1ccc(Br)cc1. The highest BCUT2D eigenvalue weighted by Crippen LogP contribution is 2.22. The molecule has 0 spiro atoms. The summed E-state index contributed by atoms with van der Waals surface area (Å²) in [5, 5.41) is 0. The second-order valence-corrected chi connectivity index (χ2v) is 3.94. The maximum absolute atomic E-state index is 4.16. The molecule has 0 radical (unpaired) electrons. The van der Waals surface area contributed by atoms with Crippen molar-refractivity contribution in [2.24, 2.45) is 0 Å². The molecule has 14 heavy (non-hydrogen) atoms. The van der Waals surface area contributed by atoms with E-state index in [0.29, 0.717) is 0 Å². The molecular formula is C11H9BrN2. The first kappa shape index (κ1) is 9.34. The summed E-state index contributed by atoms with van der Waals surface area (Å²) in [5.74, 6) is 0. The van der Waals surface area contributed by atoms with Gasteiger partial charge in [-0.3, -0.25) is 0 Å². The topological polar surface area (TPSA) is 25.8 Å². The van der Waals surface area contributed by atoms with E-state index in [4.69, 9.17) is 0 Å². The average molecular weight is 249 g/mol. The second kappa shape index (κ2) is 3.88. The zero-order valence-electron chi connectivity index (χ0n) is 7.74. The van der Waals surface area contributed by atoms with Crippen LogP contribution in [0, 0.1) is 6.92 Å². The summed E-state index contributed by atoms with van der Waals surface area (Å²) < 4.78 is 1.08. The molecule has 2 aromatic rings. The minimum atomic E-state index is 1.00. The van der Waals surface area contributed by atoms with E-state index in [2.05, 4.69) is 38.0 Å². The normalized spacial score (nSPS) is 10.1. The van der Waals surface area contributed by atoms with Crippen molar-refractivity contribution < 1.29 is 0 Å². The van der Waals surface area contributed by atoms with Crippen molar-refractivity contribution in [2.45, 2.75) is 6.92 Å². The Kier molecular flexibility index (Phi) is 2.59. The van der Waals surface area contributed by atoms with Crippen LogP contribution in [-0.4, -0.2) is 9.97 Å². The lowest BCUT2D eigenvalue weighted by atomic mass is 10.1. The molecular weight excluding hydrogens is 240 g/mol. The molecule has 0 bridgehead atoms. The first-order valence-corrected chi connectivity index (χ1v) is 5.09. The number of rotatable bonds is 1. The molecule has 0 saturated heterocycles. The van der Waals surface area contributed by atoms with Gasteiger partial charge in [-0.05, 0) is 24.6 Å². The Morgan fingerprint density at radius 2 is 1.86 bits per heavy atom. The quantitative estimate of drug-likeness (QED) is 0.775. The van der Waals surface area contributed by atoms with E-state index in [1.165, 1.54) is 0 Å². The number of halogens is 1. The summed E-state index contributed by atoms with van der Waals surface area (Å²) in [4.78, 5) is 8.18. The molecule has 0 N–H and O–H groups in total. The van der Waals surface area contributed by atoms with Gasteiger partial charge in [-0.25, -0.2) is 9.97 Å². The molecule has 1 heterocycles. The molecule has 2 rings (SSSR count). The summed E-state index contributed by atoms with van der Waals surface area (Å²) in [7, 11) is 0. The molecule has 0 aliphatic heterocycles. The fourth-order valence-electron chi connectivity index (χ4n) is 1.30. The maximum Gasteiger partial charge on any atom is 0.115 e. The summed E-state index contributed by atoms with van der Waals surface area (Å²) in [6, 6.07) is 8.13. The van der Waals surface area contributed by atoms with Crippen molar-refractivity contribution in [1.29, 1.82) is 0 Å². The van der Waals surface area contributed by atoms with Crippen molar-refractivity contribution in [3.05, 3.63) is 47.0 Å². The van der Waals surface area contributed by atoms with Crippen LogP contribution in [0.3, 0.4) is 0 Å². The molecule has 0 aliphatic rings. The smallest absolute Gasteiger partial charge is 0.115 e. The van der Waals surface area contributed by atoms with Gasteiger partial charge in [0.25, 0.3) is 0 Å². The third kappa shape index (κ3) is 1.82. The van der Waals surface area contributed by atoms with Crippen LogP contribution < -0.4 is 0 Å². The molecule has 0 atom stereocenters. The molecule has 1 aromatic carbocycles. The zero-order valence-corrected chi connectivity index (χ0v) is 9.32. The Morgan fingerprint density at radius 3 is 2.50 bits per heavy atom. The summed E-state index contributed by atoms with van der Waals surface area (Å²) >= 11 is 3.41. The standard InChI is InChI=1S/C11H9BrN2/c1-8-11(6-13-7-14-8)9-2-4-10(12)5-3-9/h2-7H,1H3. The van der Waals surface area contributed by atoms with Crippen LogP contribution in [0.4, 0.5) is 0 Å². The van der Waals surface area contributed by atoms with Gasteiger partial charge in [0.05, 0.1) is 0 Å². The van der Waals surface area contributed by atoms with E-state index in [-0.39, 0.29) is 0 Å². The van der Waals surface area contributed by atoms with Crippen molar-refractivity contribution in [2.75, 3.05) is 0 Å². The van der Waals surface area contributed by atoms with E-state index < -0.39 is 0 Å². The number of aromatic nitrogens is 2. The average Bonchev–Trinajstić information content (AvgIpc) is 2.20. The van der Waals surface area contributed by atoms with Gasteiger partial charge in [-0.15, -0.1) is 0 Å². The lowest BCUT2D eigenvalue weighted by Crippen LogP contribution is -1.88. The van der Waals surface area contributed by atoms with Gasteiger partial charge in [0, 0.05) is 21.9 Å². The molecule has 2 nitrogen and oxygen atoms in total. The predicted octanol–water partition coefficient (Wildman–Crippen LogP) is 3.21. The highest BCUT2D eigenvalue weighted by atomic mass is 79.9. The van der Waals surface area contributed by atoms with Crippen LogP contribution in [0.2, 0.25) is 0 Å². The van der Waals surface area contributed by atoms with Crippen molar-refractivity contribution in [3.63, 3.8) is 0 Å². The molecule has 0 amide bonds. The zero-order chi connectivity index (χ0) is 9.97. The van der Waals surface area contributed by atoms with E-state index in [1.807, 2.05) is 25.3 Å². The molecule has 0 fully saturated rings. The van der Waals surface area contributed by atoms with Crippen molar-refractivity contribution >= 4 is 15.9 Å². The number of aryl methyl sites for hydroxylation is 1. The van der Waals surface area contributed by atoms with Crippen LogP contribution in [0.1, 0.15) is 5.69 Å². The molecule has 3 heteroatoms. The Balaban J connectivity index is 2.50. The monoisotopic (exact) mass is 248 g/mol. The highest BCUT2D eigenvalue weighted by Gasteiger charge is 2.01. The number of hydrogen-bond donors (Lipinski definition) is 0. The van der Waals surface area contributed by atoms with Crippen LogP contribution in [0.15, 0.2) is 41.3 Å². The lowest BCUT2D eigenvalue weighted by molar-refractivity contribution is 1.10. The van der Waals surface area contributed by atoms with Gasteiger partial charge in [-0.1, -0.05) is 28.1 Å². The molecule has 1 aromatic heterocycles. The first-order chi connectivity index (χ1) is 6.77. The Hall–Kier alpha value is -1.22. The van der Waals surface area contributed by atoms with E-state index in [1.54, 1.807) is 6.33 Å². The third-order valence-corrected chi connectivity index (χ3v) is 2.60. The molecule has 0 aliphatic carbocycles. The van der Waals surface area contributed by atoms with Crippen LogP contribution >= 0.6 is 15.9 Å². The lowest BCUT2D eigenvalue weighted by Gasteiger charge is -2.03. The van der Waals surface area contributed by atoms with Gasteiger partial charge in [0.2, 0.25) is 0 Å². The van der Waals surface area contributed by atoms with Crippen LogP contribution in [0.5, 0.6) is 0 Å². The molecule has 70 valence electrons. The fraction of sp³-hybridized carbons (Fsp3) is 0.0909. The Labute approximate surface area is 91.2 Å². The van der Waals surface area contributed by atoms with Crippen molar-refractivity contribution in [3.8, 4) is 11.1 Å². The van der Waals surface area contributed by atoms with Gasteiger partial charge in [0.1, 0.15) is 6.33 Å². The third-order valence-electron chi connectivity index (χ3n) is 2.07. The van der Waals surface area contributed by atoms with Crippen molar-refractivity contribution in [1.82, 2.24) is 9.97 Å². The van der Waals surface area contributed by atoms with E-state index >= 15 is 0 Å². The van der Waals surface area contributed by atoms with Crippen LogP contribution in [0.25, 0.3) is 11.1 Å². The summed E-state index contributed by atoms with van der Waals surface area (Å²) in [6.45, 7) is 1.99. The Bertz CT molecular complexity index is 437. The summed E-state index contributed by atoms with van der Waals surface area (Å²) in [6.07, 6.45) is 3.41. The second-order valence-electron chi connectivity index (χ2n) is 3.03. The van der Waals surface area contributed by atoms with E-state index in [0.717, 1.165) is 21.3 Å². The van der Waals surface area contributed by atoms with Crippen LogP contribution in [-0.2, 0) is 0 Å². The van der Waals surface area contributed by atoms with Gasteiger partial charge >= 0.3 is 0 Å². The maximum atomic E-state index is 4.16. The predicted molar refractivity (Wildman–Crippen MR) is 59.9 cm³/mol. The largest absolute Gasteiger partial charge is 0.244 e. The Morgan fingerprint density at radius 1 is 1.14 bits per heavy atom. The summed E-state index contributed by atoms with van der Waals surface area (Å²) in [5.41, 5.74) is 3.23. The minimum Gasteiger partial charge on any atom is -0.244 e. The van der Waals surface area contributed by atoms with Gasteiger partial charge < -0.3 is 0 Å². The van der Waals surface area contributed by atoms with E-state index in [9.17, 15) is 0 Å². The fourth-order valence-corrected chi connectivity index (χ4v) is 1.57. The van der Waals surface area contributed by atoms with Gasteiger partial charge in [-0.2, -0.15) is 0 Å². The highest BCUT2D eigenvalue weighted by molar-refractivity contribution is 9.10. The molecule has 0 unspecified atom stereocenters. The number of hydrogen-bond acceptors (Lipinski definition) is 2. The first-order valence-electron chi connectivity index (χ1n) is 4.30. The number of benzene rings is 1. The van der Waals surface area contributed by atoms with Gasteiger partial charge in [0.15, 0.2) is 0 Å².